The minimum Gasteiger partial charge on any atom is -0.335 e. The van der Waals surface area contributed by atoms with E-state index in [1.165, 1.54) is 0 Å². The van der Waals surface area contributed by atoms with Crippen molar-refractivity contribution in [3.63, 3.8) is 0 Å². The fraction of sp³-hybridized carbons (Fsp3) is 0.412. The van der Waals surface area contributed by atoms with Crippen LogP contribution in [0, 0.1) is 0 Å². The van der Waals surface area contributed by atoms with Gasteiger partial charge in [0.1, 0.15) is 5.82 Å². The first-order chi connectivity index (χ1) is 10.6. The van der Waals surface area contributed by atoms with E-state index in [1.807, 2.05) is 36.7 Å². The normalized spacial score (nSPS) is 10.9. The summed E-state index contributed by atoms with van der Waals surface area (Å²) in [6.45, 7) is 5.57. The summed E-state index contributed by atoms with van der Waals surface area (Å²) in [5.74, 6) is 1.49. The first-order valence-electron chi connectivity index (χ1n) is 7.70. The Bertz CT molecular complexity index is 601. The van der Waals surface area contributed by atoms with Crippen molar-refractivity contribution in [3.8, 4) is 0 Å². The molecule has 0 aliphatic heterocycles. The van der Waals surface area contributed by atoms with E-state index < -0.39 is 0 Å². The molecule has 0 aliphatic rings. The van der Waals surface area contributed by atoms with Gasteiger partial charge in [0.25, 0.3) is 0 Å². The molecule has 2 rings (SSSR count). The number of carbonyl (C=O) groups excluding carboxylic acids is 1. The number of nitrogens with one attached hydrogen (secondary N) is 1. The molecular formula is C17H24N4O. The molecule has 0 saturated heterocycles. The lowest BCUT2D eigenvalue weighted by molar-refractivity contribution is -0.116. The van der Waals surface area contributed by atoms with E-state index >= 15 is 0 Å². The van der Waals surface area contributed by atoms with E-state index in [0.717, 1.165) is 30.0 Å². The molecule has 5 heteroatoms. The number of amides is 1. The van der Waals surface area contributed by atoms with Crippen LogP contribution in [0.2, 0.25) is 0 Å². The van der Waals surface area contributed by atoms with Crippen LogP contribution in [0.4, 0.5) is 5.69 Å². The second-order valence-electron chi connectivity index (χ2n) is 5.69. The predicted octanol–water partition coefficient (Wildman–Crippen LogP) is 2.88. The van der Waals surface area contributed by atoms with Crippen molar-refractivity contribution in [2.45, 2.75) is 45.7 Å². The van der Waals surface area contributed by atoms with Crippen molar-refractivity contribution in [1.82, 2.24) is 9.55 Å². The molecule has 0 saturated carbocycles. The van der Waals surface area contributed by atoms with Gasteiger partial charge >= 0.3 is 0 Å². The van der Waals surface area contributed by atoms with Gasteiger partial charge in [-0.2, -0.15) is 0 Å². The molecule has 0 unspecified atom stereocenters. The number of carbonyl (C=O) groups is 1. The largest absolute Gasteiger partial charge is 0.335 e. The van der Waals surface area contributed by atoms with Gasteiger partial charge in [-0.15, -0.1) is 0 Å². The number of hydrogen-bond donors (Lipinski definition) is 2. The van der Waals surface area contributed by atoms with Gasteiger partial charge in [0.15, 0.2) is 0 Å². The number of hydrogen-bond acceptors (Lipinski definition) is 3. The summed E-state index contributed by atoms with van der Waals surface area (Å²) >= 11 is 0. The monoisotopic (exact) mass is 300 g/mol. The fourth-order valence-electron chi connectivity index (χ4n) is 2.37. The van der Waals surface area contributed by atoms with Crippen LogP contribution in [0.15, 0.2) is 36.7 Å². The summed E-state index contributed by atoms with van der Waals surface area (Å²) < 4.78 is 2.12. The molecule has 118 valence electrons. The summed E-state index contributed by atoms with van der Waals surface area (Å²) in [5.41, 5.74) is 7.42. The van der Waals surface area contributed by atoms with Crippen LogP contribution >= 0.6 is 0 Å². The smallest absolute Gasteiger partial charge is 0.224 e. The molecule has 0 atom stereocenters. The van der Waals surface area contributed by atoms with Gasteiger partial charge in [0, 0.05) is 43.5 Å². The maximum atomic E-state index is 12.0. The topological polar surface area (TPSA) is 72.9 Å². The molecule has 1 aromatic carbocycles. The highest BCUT2D eigenvalue weighted by Crippen LogP contribution is 2.13. The molecule has 0 bridgehead atoms. The molecule has 2 aromatic rings. The second-order valence-corrected chi connectivity index (χ2v) is 5.69. The molecule has 0 aliphatic carbocycles. The lowest BCUT2D eigenvalue weighted by atomic mass is 10.2. The van der Waals surface area contributed by atoms with Gasteiger partial charge in [0.05, 0.1) is 0 Å². The zero-order chi connectivity index (χ0) is 15.9. The Morgan fingerprint density at radius 3 is 2.68 bits per heavy atom. The average molecular weight is 300 g/mol. The fourth-order valence-corrected chi connectivity index (χ4v) is 2.37. The molecule has 1 amide bonds. The Morgan fingerprint density at radius 1 is 1.32 bits per heavy atom. The van der Waals surface area contributed by atoms with Gasteiger partial charge in [-0.3, -0.25) is 4.79 Å². The van der Waals surface area contributed by atoms with Crippen LogP contribution < -0.4 is 11.1 Å². The highest BCUT2D eigenvalue weighted by atomic mass is 16.1. The Kier molecular flexibility index (Phi) is 5.72. The molecule has 0 spiro atoms. The molecule has 1 heterocycles. The van der Waals surface area contributed by atoms with Gasteiger partial charge in [-0.25, -0.2) is 4.98 Å². The van der Waals surface area contributed by atoms with Crippen LogP contribution in [-0.4, -0.2) is 15.5 Å². The molecule has 5 nitrogen and oxygen atoms in total. The van der Waals surface area contributed by atoms with E-state index in [9.17, 15) is 4.79 Å². The third-order valence-electron chi connectivity index (χ3n) is 3.54. The van der Waals surface area contributed by atoms with Crippen molar-refractivity contribution in [2.75, 3.05) is 5.32 Å². The summed E-state index contributed by atoms with van der Waals surface area (Å²) in [6.07, 6.45) is 5.07. The second kappa shape index (κ2) is 7.75. The molecule has 3 N–H and O–H groups in total. The van der Waals surface area contributed by atoms with E-state index in [-0.39, 0.29) is 5.91 Å². The minimum atomic E-state index is 0.0340. The molecule has 1 aromatic heterocycles. The van der Waals surface area contributed by atoms with E-state index in [4.69, 9.17) is 5.73 Å². The number of rotatable bonds is 7. The van der Waals surface area contributed by atoms with Gasteiger partial charge in [-0.05, 0) is 24.1 Å². The van der Waals surface area contributed by atoms with Crippen molar-refractivity contribution < 1.29 is 4.79 Å². The van der Waals surface area contributed by atoms with Crippen molar-refractivity contribution in [2.24, 2.45) is 5.73 Å². The average Bonchev–Trinajstić information content (AvgIpc) is 2.97. The zero-order valence-electron chi connectivity index (χ0n) is 13.2. The Balaban J connectivity index is 1.79. The molecule has 22 heavy (non-hydrogen) atoms. The maximum absolute atomic E-state index is 12.0. The van der Waals surface area contributed by atoms with Gasteiger partial charge in [0.2, 0.25) is 5.91 Å². The zero-order valence-corrected chi connectivity index (χ0v) is 13.2. The van der Waals surface area contributed by atoms with Crippen LogP contribution in [0.3, 0.4) is 0 Å². The summed E-state index contributed by atoms with van der Waals surface area (Å²) in [5, 5.41) is 2.91. The van der Waals surface area contributed by atoms with Crippen LogP contribution in [0.25, 0.3) is 0 Å². The molecular weight excluding hydrogens is 276 g/mol. The summed E-state index contributed by atoms with van der Waals surface area (Å²) in [7, 11) is 0. The van der Waals surface area contributed by atoms with Crippen LogP contribution in [-0.2, 0) is 17.9 Å². The molecule has 0 radical (unpaired) electrons. The quantitative estimate of drug-likeness (QED) is 0.825. The van der Waals surface area contributed by atoms with Crippen molar-refractivity contribution in [1.29, 1.82) is 0 Å². The summed E-state index contributed by atoms with van der Waals surface area (Å²) in [6, 6.07) is 7.62. The standard InChI is InChI=1S/C17H24N4O/c1-13(2)17-19-9-11-21(17)10-3-4-16(22)20-15-7-5-14(12-18)6-8-15/h5-9,11,13H,3-4,10,12,18H2,1-2H3,(H,20,22). The van der Waals surface area contributed by atoms with Crippen molar-refractivity contribution in [3.05, 3.63) is 48.0 Å². The SMILES string of the molecule is CC(C)c1nccn1CCCC(=O)Nc1ccc(CN)cc1. The summed E-state index contributed by atoms with van der Waals surface area (Å²) in [4.78, 5) is 16.3. The number of nitrogens with two attached hydrogens (primary N) is 1. The molecule has 0 fully saturated rings. The lowest BCUT2D eigenvalue weighted by Gasteiger charge is -2.10. The van der Waals surface area contributed by atoms with Gasteiger partial charge < -0.3 is 15.6 Å². The third-order valence-corrected chi connectivity index (χ3v) is 3.54. The van der Waals surface area contributed by atoms with Crippen LogP contribution in [0.5, 0.6) is 0 Å². The maximum Gasteiger partial charge on any atom is 0.224 e. The highest BCUT2D eigenvalue weighted by molar-refractivity contribution is 5.90. The van der Waals surface area contributed by atoms with Crippen molar-refractivity contribution >= 4 is 11.6 Å². The van der Waals surface area contributed by atoms with E-state index in [0.29, 0.717) is 18.9 Å². The first kappa shape index (κ1) is 16.2. The number of benzene rings is 1. The highest BCUT2D eigenvalue weighted by Gasteiger charge is 2.08. The predicted molar refractivity (Wildman–Crippen MR) is 88.5 cm³/mol. The number of anilines is 1. The van der Waals surface area contributed by atoms with E-state index in [1.54, 1.807) is 0 Å². The number of nitrogens with zero attached hydrogens (tertiary/aromatic N) is 2. The van der Waals surface area contributed by atoms with E-state index in [2.05, 4.69) is 28.7 Å². The van der Waals surface area contributed by atoms with Crippen LogP contribution in [0.1, 0.15) is 44.0 Å². The van der Waals surface area contributed by atoms with Gasteiger partial charge in [-0.1, -0.05) is 26.0 Å². The third kappa shape index (κ3) is 4.43. The lowest BCUT2D eigenvalue weighted by Crippen LogP contribution is -2.13. The Morgan fingerprint density at radius 2 is 2.05 bits per heavy atom. The number of aryl methyl sites for hydroxylation is 1. The minimum absolute atomic E-state index is 0.0340. The first-order valence-corrected chi connectivity index (χ1v) is 7.70. The Labute approximate surface area is 131 Å². The number of aromatic nitrogens is 2. The Hall–Kier alpha value is -2.14. The number of imidazole rings is 1.